The molecule has 0 spiro atoms. The highest BCUT2D eigenvalue weighted by Gasteiger charge is 2.24. The molecule has 0 amide bonds. The van der Waals surface area contributed by atoms with Gasteiger partial charge in [0.15, 0.2) is 0 Å². The molecule has 14 heavy (non-hydrogen) atoms. The van der Waals surface area contributed by atoms with E-state index in [1.54, 1.807) is 6.26 Å². The Kier molecular flexibility index (Phi) is 3.25. The van der Waals surface area contributed by atoms with Gasteiger partial charge in [0, 0.05) is 6.42 Å². The Bertz CT molecular complexity index is 249. The number of nitrogens with two attached hydrogens (primary N) is 1. The Balaban J connectivity index is 1.92. The second kappa shape index (κ2) is 4.65. The molecule has 0 radical (unpaired) electrons. The van der Waals surface area contributed by atoms with E-state index in [4.69, 9.17) is 10.2 Å². The Morgan fingerprint density at radius 2 is 2.21 bits per heavy atom. The molecule has 1 unspecified atom stereocenters. The van der Waals surface area contributed by atoms with Crippen LogP contribution in [0, 0.1) is 11.8 Å². The molecule has 1 heterocycles. The summed E-state index contributed by atoms with van der Waals surface area (Å²) in [6.07, 6.45) is 8.27. The van der Waals surface area contributed by atoms with Gasteiger partial charge in [0.2, 0.25) is 0 Å². The highest BCUT2D eigenvalue weighted by molar-refractivity contribution is 5.00. The van der Waals surface area contributed by atoms with Crippen molar-refractivity contribution in [2.45, 2.75) is 32.1 Å². The van der Waals surface area contributed by atoms with Crippen LogP contribution in [0.5, 0.6) is 0 Å². The van der Waals surface area contributed by atoms with Crippen molar-refractivity contribution in [2.75, 3.05) is 6.54 Å². The van der Waals surface area contributed by atoms with Crippen LogP contribution in [0.1, 0.15) is 31.4 Å². The molecule has 0 saturated heterocycles. The summed E-state index contributed by atoms with van der Waals surface area (Å²) >= 11 is 0. The summed E-state index contributed by atoms with van der Waals surface area (Å²) in [6.45, 7) is 0.797. The van der Waals surface area contributed by atoms with Crippen LogP contribution in [0.15, 0.2) is 22.8 Å². The summed E-state index contributed by atoms with van der Waals surface area (Å²) in [4.78, 5) is 0. The molecule has 2 heteroatoms. The van der Waals surface area contributed by atoms with Gasteiger partial charge < -0.3 is 10.2 Å². The van der Waals surface area contributed by atoms with Crippen molar-refractivity contribution in [1.29, 1.82) is 0 Å². The molecule has 0 bridgehead atoms. The quantitative estimate of drug-likeness (QED) is 0.798. The van der Waals surface area contributed by atoms with Crippen LogP contribution in [0.4, 0.5) is 0 Å². The van der Waals surface area contributed by atoms with E-state index in [9.17, 15) is 0 Å². The molecule has 1 atom stereocenters. The minimum Gasteiger partial charge on any atom is -0.469 e. The average molecular weight is 193 g/mol. The molecule has 1 aromatic rings. The van der Waals surface area contributed by atoms with E-state index in [-0.39, 0.29) is 0 Å². The SMILES string of the molecule is NCC(Cc1ccco1)C1CCCC1. The van der Waals surface area contributed by atoms with E-state index in [1.165, 1.54) is 25.7 Å². The van der Waals surface area contributed by atoms with Crippen LogP contribution in [-0.2, 0) is 6.42 Å². The van der Waals surface area contributed by atoms with Crippen LogP contribution >= 0.6 is 0 Å². The molecule has 2 rings (SSSR count). The van der Waals surface area contributed by atoms with Crippen LogP contribution in [0.3, 0.4) is 0 Å². The molecule has 1 aromatic heterocycles. The summed E-state index contributed by atoms with van der Waals surface area (Å²) in [7, 11) is 0. The van der Waals surface area contributed by atoms with E-state index in [0.717, 1.165) is 24.6 Å². The molecule has 1 aliphatic carbocycles. The lowest BCUT2D eigenvalue weighted by Gasteiger charge is -2.20. The first-order valence-corrected chi connectivity index (χ1v) is 5.62. The fraction of sp³-hybridized carbons (Fsp3) is 0.667. The Hall–Kier alpha value is -0.760. The Labute approximate surface area is 85.5 Å². The lowest BCUT2D eigenvalue weighted by Crippen LogP contribution is -2.23. The molecule has 1 saturated carbocycles. The van der Waals surface area contributed by atoms with Crippen molar-refractivity contribution in [1.82, 2.24) is 0 Å². The Morgan fingerprint density at radius 1 is 1.43 bits per heavy atom. The van der Waals surface area contributed by atoms with Gasteiger partial charge in [-0.05, 0) is 30.5 Å². The first kappa shape index (κ1) is 9.78. The maximum absolute atomic E-state index is 5.83. The largest absolute Gasteiger partial charge is 0.469 e. The molecule has 1 fully saturated rings. The van der Waals surface area contributed by atoms with Crippen LogP contribution in [-0.4, -0.2) is 6.54 Å². The molecular formula is C12H19NO. The standard InChI is InChI=1S/C12H19NO/c13-9-11(10-4-1-2-5-10)8-12-6-3-7-14-12/h3,6-7,10-11H,1-2,4-5,8-9,13H2. The molecule has 0 aliphatic heterocycles. The van der Waals surface area contributed by atoms with Gasteiger partial charge in [-0.25, -0.2) is 0 Å². The zero-order chi connectivity index (χ0) is 9.80. The van der Waals surface area contributed by atoms with Crippen LogP contribution < -0.4 is 5.73 Å². The van der Waals surface area contributed by atoms with Gasteiger partial charge in [0.05, 0.1) is 6.26 Å². The second-order valence-corrected chi connectivity index (χ2v) is 4.32. The van der Waals surface area contributed by atoms with Crippen molar-refractivity contribution in [3.05, 3.63) is 24.2 Å². The first-order valence-electron chi connectivity index (χ1n) is 5.62. The minimum atomic E-state index is 0.628. The molecular weight excluding hydrogens is 174 g/mol. The number of hydrogen-bond donors (Lipinski definition) is 1. The smallest absolute Gasteiger partial charge is 0.104 e. The van der Waals surface area contributed by atoms with E-state index in [0.29, 0.717) is 5.92 Å². The maximum Gasteiger partial charge on any atom is 0.104 e. The summed E-state index contributed by atoms with van der Waals surface area (Å²) < 4.78 is 5.37. The van der Waals surface area contributed by atoms with Crippen LogP contribution in [0.25, 0.3) is 0 Å². The van der Waals surface area contributed by atoms with Gasteiger partial charge in [-0.2, -0.15) is 0 Å². The maximum atomic E-state index is 5.83. The van der Waals surface area contributed by atoms with Gasteiger partial charge in [0.25, 0.3) is 0 Å². The van der Waals surface area contributed by atoms with E-state index in [2.05, 4.69) is 6.07 Å². The van der Waals surface area contributed by atoms with Crippen LogP contribution in [0.2, 0.25) is 0 Å². The third-order valence-electron chi connectivity index (χ3n) is 3.41. The predicted molar refractivity (Wildman–Crippen MR) is 56.9 cm³/mol. The van der Waals surface area contributed by atoms with Crippen molar-refractivity contribution in [3.63, 3.8) is 0 Å². The predicted octanol–water partition coefficient (Wildman–Crippen LogP) is 2.59. The summed E-state index contributed by atoms with van der Waals surface area (Å²) in [5, 5.41) is 0. The van der Waals surface area contributed by atoms with Gasteiger partial charge in [-0.3, -0.25) is 0 Å². The third kappa shape index (κ3) is 2.18. The Morgan fingerprint density at radius 3 is 2.79 bits per heavy atom. The third-order valence-corrected chi connectivity index (χ3v) is 3.41. The van der Waals surface area contributed by atoms with Crippen molar-refractivity contribution in [3.8, 4) is 0 Å². The molecule has 2 nitrogen and oxygen atoms in total. The lowest BCUT2D eigenvalue weighted by atomic mass is 9.87. The fourth-order valence-corrected chi connectivity index (χ4v) is 2.56. The summed E-state index contributed by atoms with van der Waals surface area (Å²) in [6, 6.07) is 4.01. The molecule has 78 valence electrons. The van der Waals surface area contributed by atoms with E-state index in [1.807, 2.05) is 6.07 Å². The van der Waals surface area contributed by atoms with E-state index < -0.39 is 0 Å². The molecule has 2 N–H and O–H groups in total. The van der Waals surface area contributed by atoms with Crippen molar-refractivity contribution >= 4 is 0 Å². The van der Waals surface area contributed by atoms with Crippen molar-refractivity contribution in [2.24, 2.45) is 17.6 Å². The minimum absolute atomic E-state index is 0.628. The molecule has 1 aliphatic rings. The second-order valence-electron chi connectivity index (χ2n) is 4.32. The summed E-state index contributed by atoms with van der Waals surface area (Å²) in [5.41, 5.74) is 5.83. The van der Waals surface area contributed by atoms with Crippen molar-refractivity contribution < 1.29 is 4.42 Å². The zero-order valence-corrected chi connectivity index (χ0v) is 8.61. The fourth-order valence-electron chi connectivity index (χ4n) is 2.56. The zero-order valence-electron chi connectivity index (χ0n) is 8.61. The van der Waals surface area contributed by atoms with Gasteiger partial charge >= 0.3 is 0 Å². The monoisotopic (exact) mass is 193 g/mol. The highest BCUT2D eigenvalue weighted by Crippen LogP contribution is 2.32. The van der Waals surface area contributed by atoms with Gasteiger partial charge in [0.1, 0.15) is 5.76 Å². The number of furan rings is 1. The normalized spacial score (nSPS) is 20.1. The average Bonchev–Trinajstić information content (AvgIpc) is 2.86. The number of rotatable bonds is 4. The topological polar surface area (TPSA) is 39.2 Å². The van der Waals surface area contributed by atoms with E-state index >= 15 is 0 Å². The van der Waals surface area contributed by atoms with Gasteiger partial charge in [-0.15, -0.1) is 0 Å². The highest BCUT2D eigenvalue weighted by atomic mass is 16.3. The van der Waals surface area contributed by atoms with Gasteiger partial charge in [-0.1, -0.05) is 25.7 Å². The number of hydrogen-bond acceptors (Lipinski definition) is 2. The molecule has 0 aromatic carbocycles. The summed E-state index contributed by atoms with van der Waals surface area (Å²) in [5.74, 6) is 2.56. The first-order chi connectivity index (χ1) is 6.90. The lowest BCUT2D eigenvalue weighted by molar-refractivity contribution is 0.322.